The minimum atomic E-state index is -1.04. The standard InChI is InChI=1S/C13H15N3O3/c1-9(2)16-12(11(7-15-16)13(17)18)19-8-10-3-5-14-6-4-10/h3-7,9H,8H2,1-2H3,(H,17,18). The molecule has 0 saturated carbocycles. The van der Waals surface area contributed by atoms with E-state index in [9.17, 15) is 4.79 Å². The Morgan fingerprint density at radius 1 is 1.42 bits per heavy atom. The molecule has 0 aliphatic carbocycles. The van der Waals surface area contributed by atoms with Gasteiger partial charge in [-0.3, -0.25) is 4.98 Å². The third-order valence-corrected chi connectivity index (χ3v) is 2.59. The van der Waals surface area contributed by atoms with E-state index in [0.29, 0.717) is 0 Å². The van der Waals surface area contributed by atoms with Crippen LogP contribution in [0.15, 0.2) is 30.7 Å². The summed E-state index contributed by atoms with van der Waals surface area (Å²) in [5.41, 5.74) is 0.991. The van der Waals surface area contributed by atoms with Crippen molar-refractivity contribution in [3.63, 3.8) is 0 Å². The van der Waals surface area contributed by atoms with Gasteiger partial charge < -0.3 is 9.84 Å². The van der Waals surface area contributed by atoms with Crippen LogP contribution in [-0.2, 0) is 6.61 Å². The fraction of sp³-hybridized carbons (Fsp3) is 0.308. The van der Waals surface area contributed by atoms with E-state index < -0.39 is 5.97 Å². The van der Waals surface area contributed by atoms with Crippen molar-refractivity contribution in [1.29, 1.82) is 0 Å². The Kier molecular flexibility index (Phi) is 3.79. The maximum Gasteiger partial charge on any atom is 0.342 e. The molecule has 1 N–H and O–H groups in total. The maximum atomic E-state index is 11.1. The predicted molar refractivity (Wildman–Crippen MR) is 68.1 cm³/mol. The van der Waals surface area contributed by atoms with Gasteiger partial charge in [0.2, 0.25) is 5.88 Å². The van der Waals surface area contributed by atoms with E-state index in [2.05, 4.69) is 10.1 Å². The first-order valence-corrected chi connectivity index (χ1v) is 5.92. The lowest BCUT2D eigenvalue weighted by Gasteiger charge is -2.12. The highest BCUT2D eigenvalue weighted by Crippen LogP contribution is 2.23. The summed E-state index contributed by atoms with van der Waals surface area (Å²) in [6.45, 7) is 4.11. The van der Waals surface area contributed by atoms with Crippen molar-refractivity contribution in [2.24, 2.45) is 0 Å². The van der Waals surface area contributed by atoms with E-state index in [1.807, 2.05) is 26.0 Å². The highest BCUT2D eigenvalue weighted by atomic mass is 16.5. The average Bonchev–Trinajstić information content (AvgIpc) is 2.81. The zero-order valence-electron chi connectivity index (χ0n) is 10.8. The summed E-state index contributed by atoms with van der Waals surface area (Å²) in [6.07, 6.45) is 4.64. The number of hydrogen-bond donors (Lipinski definition) is 1. The Hall–Kier alpha value is -2.37. The number of nitrogens with zero attached hydrogens (tertiary/aromatic N) is 3. The fourth-order valence-electron chi connectivity index (χ4n) is 1.64. The zero-order valence-corrected chi connectivity index (χ0v) is 10.8. The van der Waals surface area contributed by atoms with Crippen molar-refractivity contribution in [3.05, 3.63) is 41.9 Å². The average molecular weight is 261 g/mol. The van der Waals surface area contributed by atoms with E-state index in [0.717, 1.165) is 5.56 Å². The molecule has 2 rings (SSSR count). The number of aromatic carboxylic acids is 1. The highest BCUT2D eigenvalue weighted by Gasteiger charge is 2.19. The first kappa shape index (κ1) is 13.1. The van der Waals surface area contributed by atoms with Gasteiger partial charge >= 0.3 is 5.97 Å². The molecule has 2 aromatic rings. The molecular weight excluding hydrogens is 246 g/mol. The fourth-order valence-corrected chi connectivity index (χ4v) is 1.64. The van der Waals surface area contributed by atoms with Gasteiger partial charge in [-0.1, -0.05) is 0 Å². The molecule has 0 aromatic carbocycles. The third-order valence-electron chi connectivity index (χ3n) is 2.59. The lowest BCUT2D eigenvalue weighted by molar-refractivity contribution is 0.0691. The minimum absolute atomic E-state index is 0.0283. The predicted octanol–water partition coefficient (Wildman–Crippen LogP) is 2.14. The number of carboxylic acid groups (broad SMARTS) is 1. The Morgan fingerprint density at radius 2 is 2.11 bits per heavy atom. The van der Waals surface area contributed by atoms with Crippen LogP contribution in [0.3, 0.4) is 0 Å². The van der Waals surface area contributed by atoms with Crippen LogP contribution in [0.2, 0.25) is 0 Å². The Morgan fingerprint density at radius 3 is 2.68 bits per heavy atom. The molecule has 19 heavy (non-hydrogen) atoms. The van der Waals surface area contributed by atoms with Gasteiger partial charge in [-0.15, -0.1) is 0 Å². The first-order chi connectivity index (χ1) is 9.09. The van der Waals surface area contributed by atoms with Crippen molar-refractivity contribution in [3.8, 4) is 5.88 Å². The molecule has 0 unspecified atom stereocenters. The van der Waals surface area contributed by atoms with Crippen LogP contribution in [0.5, 0.6) is 5.88 Å². The molecule has 2 heterocycles. The van der Waals surface area contributed by atoms with Crippen LogP contribution >= 0.6 is 0 Å². The van der Waals surface area contributed by atoms with Crippen molar-refractivity contribution in [2.75, 3.05) is 0 Å². The summed E-state index contributed by atoms with van der Waals surface area (Å²) < 4.78 is 7.17. The van der Waals surface area contributed by atoms with E-state index in [1.54, 1.807) is 17.1 Å². The molecule has 6 heteroatoms. The number of ether oxygens (including phenoxy) is 1. The van der Waals surface area contributed by atoms with Gasteiger partial charge in [0.15, 0.2) is 0 Å². The SMILES string of the molecule is CC(C)n1ncc(C(=O)O)c1OCc1ccncc1. The molecule has 0 spiro atoms. The summed E-state index contributed by atoms with van der Waals surface area (Å²) in [5.74, 6) is -0.768. The lowest BCUT2D eigenvalue weighted by Crippen LogP contribution is -2.09. The summed E-state index contributed by atoms with van der Waals surface area (Å²) in [5, 5.41) is 13.2. The summed E-state index contributed by atoms with van der Waals surface area (Å²) in [4.78, 5) is 15.0. The van der Waals surface area contributed by atoms with Gasteiger partial charge in [0.25, 0.3) is 0 Å². The quantitative estimate of drug-likeness (QED) is 0.892. The van der Waals surface area contributed by atoms with Crippen molar-refractivity contribution < 1.29 is 14.6 Å². The molecule has 0 radical (unpaired) electrons. The topological polar surface area (TPSA) is 77.2 Å². The van der Waals surface area contributed by atoms with Crippen LogP contribution < -0.4 is 4.74 Å². The highest BCUT2D eigenvalue weighted by molar-refractivity contribution is 5.90. The van der Waals surface area contributed by atoms with Crippen LogP contribution in [0, 0.1) is 0 Å². The molecule has 0 amide bonds. The minimum Gasteiger partial charge on any atom is -0.477 e. The Bertz CT molecular complexity index is 564. The largest absolute Gasteiger partial charge is 0.477 e. The van der Waals surface area contributed by atoms with Gasteiger partial charge in [-0.05, 0) is 31.5 Å². The molecule has 0 fully saturated rings. The number of carbonyl (C=O) groups is 1. The second kappa shape index (κ2) is 5.51. The molecule has 2 aromatic heterocycles. The van der Waals surface area contributed by atoms with E-state index in [4.69, 9.17) is 9.84 Å². The summed E-state index contributed by atoms with van der Waals surface area (Å²) in [6, 6.07) is 3.66. The monoisotopic (exact) mass is 261 g/mol. The molecule has 0 atom stereocenters. The molecule has 0 bridgehead atoms. The van der Waals surface area contributed by atoms with Crippen molar-refractivity contribution >= 4 is 5.97 Å². The number of rotatable bonds is 5. The molecule has 100 valence electrons. The van der Waals surface area contributed by atoms with E-state index in [1.165, 1.54) is 6.20 Å². The molecule has 0 aliphatic heterocycles. The van der Waals surface area contributed by atoms with Crippen LogP contribution in [0.25, 0.3) is 0 Å². The molecule has 6 nitrogen and oxygen atoms in total. The Labute approximate surface area is 110 Å². The normalized spacial score (nSPS) is 10.7. The van der Waals surface area contributed by atoms with Crippen molar-refractivity contribution in [2.45, 2.75) is 26.5 Å². The van der Waals surface area contributed by atoms with Crippen LogP contribution in [0.1, 0.15) is 35.8 Å². The summed E-state index contributed by atoms with van der Waals surface area (Å²) in [7, 11) is 0. The molecular formula is C13H15N3O3. The lowest BCUT2D eigenvalue weighted by atomic mass is 10.3. The number of aromatic nitrogens is 3. The zero-order chi connectivity index (χ0) is 13.8. The number of pyridine rings is 1. The maximum absolute atomic E-state index is 11.1. The molecule has 0 aliphatic rings. The van der Waals surface area contributed by atoms with E-state index >= 15 is 0 Å². The first-order valence-electron chi connectivity index (χ1n) is 5.92. The third kappa shape index (κ3) is 2.90. The Balaban J connectivity index is 2.23. The van der Waals surface area contributed by atoms with E-state index in [-0.39, 0.29) is 24.1 Å². The van der Waals surface area contributed by atoms with Crippen molar-refractivity contribution in [1.82, 2.24) is 14.8 Å². The number of carboxylic acids is 1. The molecule has 0 saturated heterocycles. The second-order valence-corrected chi connectivity index (χ2v) is 4.35. The van der Waals surface area contributed by atoms with Crippen LogP contribution in [0.4, 0.5) is 0 Å². The number of hydrogen-bond acceptors (Lipinski definition) is 4. The van der Waals surface area contributed by atoms with Gasteiger partial charge in [-0.25, -0.2) is 9.48 Å². The van der Waals surface area contributed by atoms with Gasteiger partial charge in [0.05, 0.1) is 12.2 Å². The summed E-state index contributed by atoms with van der Waals surface area (Å²) >= 11 is 0. The van der Waals surface area contributed by atoms with Gasteiger partial charge in [0, 0.05) is 12.4 Å². The van der Waals surface area contributed by atoms with Gasteiger partial charge in [0.1, 0.15) is 12.2 Å². The van der Waals surface area contributed by atoms with Crippen LogP contribution in [-0.4, -0.2) is 25.8 Å². The van der Waals surface area contributed by atoms with Gasteiger partial charge in [-0.2, -0.15) is 5.10 Å². The smallest absolute Gasteiger partial charge is 0.342 e. The second-order valence-electron chi connectivity index (χ2n) is 4.35.